The summed E-state index contributed by atoms with van der Waals surface area (Å²) in [4.78, 5) is 10.5. The Kier molecular flexibility index (Phi) is 4.37. The number of hydrogen-bond acceptors (Lipinski definition) is 3. The summed E-state index contributed by atoms with van der Waals surface area (Å²) in [6, 6.07) is 7.31. The Labute approximate surface area is 88.5 Å². The van der Waals surface area contributed by atoms with Crippen LogP contribution in [0.3, 0.4) is 0 Å². The van der Waals surface area contributed by atoms with Crippen molar-refractivity contribution in [3.8, 4) is 5.75 Å². The van der Waals surface area contributed by atoms with Gasteiger partial charge >= 0.3 is 0 Å². The van der Waals surface area contributed by atoms with Gasteiger partial charge in [0.15, 0.2) is 6.61 Å². The van der Waals surface area contributed by atoms with E-state index in [9.17, 15) is 4.79 Å². The van der Waals surface area contributed by atoms with Crippen molar-refractivity contribution >= 4 is 12.0 Å². The first-order chi connectivity index (χ1) is 7.22. The Balaban J connectivity index is 2.56. The molecule has 1 amide bonds. The third kappa shape index (κ3) is 4.28. The molecule has 0 aliphatic heterocycles. The van der Waals surface area contributed by atoms with E-state index in [4.69, 9.17) is 16.2 Å². The van der Waals surface area contributed by atoms with Gasteiger partial charge in [-0.05, 0) is 17.7 Å². The fourth-order valence-electron chi connectivity index (χ4n) is 1.03. The van der Waals surface area contributed by atoms with Crippen LogP contribution in [0.5, 0.6) is 5.75 Å². The zero-order valence-electron chi connectivity index (χ0n) is 8.35. The third-order valence-corrected chi connectivity index (χ3v) is 1.71. The smallest absolute Gasteiger partial charge is 0.255 e. The first-order valence-corrected chi connectivity index (χ1v) is 4.60. The molecule has 0 heterocycles. The lowest BCUT2D eigenvalue weighted by atomic mass is 10.2. The van der Waals surface area contributed by atoms with E-state index in [1.165, 1.54) is 0 Å². The highest BCUT2D eigenvalue weighted by Crippen LogP contribution is 2.12. The lowest BCUT2D eigenvalue weighted by Gasteiger charge is -2.03. The molecule has 1 rings (SSSR count). The van der Waals surface area contributed by atoms with Gasteiger partial charge in [-0.25, -0.2) is 0 Å². The van der Waals surface area contributed by atoms with Crippen LogP contribution in [0.4, 0.5) is 0 Å². The minimum absolute atomic E-state index is 0.0992. The van der Waals surface area contributed by atoms with Crippen LogP contribution >= 0.6 is 0 Å². The van der Waals surface area contributed by atoms with Crippen LogP contribution in [0.15, 0.2) is 30.3 Å². The molecule has 0 bridgehead atoms. The zero-order chi connectivity index (χ0) is 11.1. The molecule has 0 unspecified atom stereocenters. The molecular formula is C11H14N2O2. The Morgan fingerprint density at radius 1 is 1.33 bits per heavy atom. The average Bonchev–Trinajstić information content (AvgIpc) is 2.25. The molecule has 0 spiro atoms. The number of nitrogens with two attached hydrogens (primary N) is 2. The maximum Gasteiger partial charge on any atom is 0.255 e. The Bertz CT molecular complexity index is 344. The van der Waals surface area contributed by atoms with Crippen molar-refractivity contribution < 1.29 is 9.53 Å². The number of primary amides is 1. The SMILES string of the molecule is NCC=Cc1ccc(OCC(N)=O)cc1. The monoisotopic (exact) mass is 206 g/mol. The summed E-state index contributed by atoms with van der Waals surface area (Å²) in [5.74, 6) is 0.140. The molecule has 4 N–H and O–H groups in total. The summed E-state index contributed by atoms with van der Waals surface area (Å²) in [6.45, 7) is 0.415. The lowest BCUT2D eigenvalue weighted by Crippen LogP contribution is -2.19. The molecule has 80 valence electrons. The van der Waals surface area contributed by atoms with Crippen LogP contribution in [-0.4, -0.2) is 19.1 Å². The number of carbonyl (C=O) groups is 1. The second kappa shape index (κ2) is 5.82. The second-order valence-corrected chi connectivity index (χ2v) is 2.96. The van der Waals surface area contributed by atoms with Crippen LogP contribution in [0, 0.1) is 0 Å². The molecule has 0 fully saturated rings. The molecule has 4 heteroatoms. The second-order valence-electron chi connectivity index (χ2n) is 2.96. The first-order valence-electron chi connectivity index (χ1n) is 4.60. The van der Waals surface area contributed by atoms with Gasteiger partial charge in [-0.3, -0.25) is 4.79 Å². The molecule has 1 aromatic carbocycles. The fourth-order valence-corrected chi connectivity index (χ4v) is 1.03. The number of carbonyl (C=O) groups excluding carboxylic acids is 1. The standard InChI is InChI=1S/C11H14N2O2/c12-7-1-2-9-3-5-10(6-4-9)15-8-11(13)14/h1-6H,7-8,12H2,(H2,13,14). The van der Waals surface area contributed by atoms with E-state index in [0.29, 0.717) is 12.3 Å². The summed E-state index contributed by atoms with van der Waals surface area (Å²) in [6.07, 6.45) is 3.77. The van der Waals surface area contributed by atoms with Gasteiger partial charge in [0.1, 0.15) is 5.75 Å². The van der Waals surface area contributed by atoms with E-state index in [0.717, 1.165) is 5.56 Å². The van der Waals surface area contributed by atoms with E-state index in [1.54, 1.807) is 12.1 Å². The predicted octanol–water partition coefficient (Wildman–Crippen LogP) is 0.523. The summed E-state index contributed by atoms with van der Waals surface area (Å²) in [7, 11) is 0. The van der Waals surface area contributed by atoms with Crippen molar-refractivity contribution in [1.29, 1.82) is 0 Å². The summed E-state index contributed by atoms with van der Waals surface area (Å²) in [5.41, 5.74) is 11.3. The van der Waals surface area contributed by atoms with Crippen molar-refractivity contribution in [3.63, 3.8) is 0 Å². The van der Waals surface area contributed by atoms with Crippen LogP contribution in [0.2, 0.25) is 0 Å². The molecule has 0 aromatic heterocycles. The molecule has 0 saturated carbocycles. The van der Waals surface area contributed by atoms with Crippen molar-refractivity contribution in [2.24, 2.45) is 11.5 Å². The van der Waals surface area contributed by atoms with Gasteiger partial charge in [-0.15, -0.1) is 0 Å². The summed E-state index contributed by atoms with van der Waals surface area (Å²) < 4.78 is 5.10. The number of benzene rings is 1. The van der Waals surface area contributed by atoms with Crippen LogP contribution in [0.1, 0.15) is 5.56 Å². The van der Waals surface area contributed by atoms with E-state index in [1.807, 2.05) is 24.3 Å². The highest BCUT2D eigenvalue weighted by molar-refractivity contribution is 5.75. The van der Waals surface area contributed by atoms with Gasteiger partial charge in [-0.2, -0.15) is 0 Å². The maximum atomic E-state index is 10.5. The van der Waals surface area contributed by atoms with Gasteiger partial charge in [0.2, 0.25) is 0 Å². The fraction of sp³-hybridized carbons (Fsp3) is 0.182. The maximum absolute atomic E-state index is 10.5. The normalized spacial score (nSPS) is 10.5. The quantitative estimate of drug-likeness (QED) is 0.737. The average molecular weight is 206 g/mol. The molecule has 15 heavy (non-hydrogen) atoms. The molecule has 0 atom stereocenters. The highest BCUT2D eigenvalue weighted by atomic mass is 16.5. The van der Waals surface area contributed by atoms with E-state index >= 15 is 0 Å². The van der Waals surface area contributed by atoms with Crippen molar-refractivity contribution in [2.45, 2.75) is 0 Å². The Hall–Kier alpha value is -1.81. The van der Waals surface area contributed by atoms with Crippen molar-refractivity contribution in [2.75, 3.05) is 13.2 Å². The summed E-state index contributed by atoms with van der Waals surface area (Å²) >= 11 is 0. The minimum Gasteiger partial charge on any atom is -0.484 e. The van der Waals surface area contributed by atoms with Gasteiger partial charge in [0.05, 0.1) is 0 Å². The van der Waals surface area contributed by atoms with Crippen molar-refractivity contribution in [3.05, 3.63) is 35.9 Å². The Morgan fingerprint density at radius 3 is 2.53 bits per heavy atom. The molecular weight excluding hydrogens is 192 g/mol. The van der Waals surface area contributed by atoms with Gasteiger partial charge in [-0.1, -0.05) is 24.3 Å². The van der Waals surface area contributed by atoms with Gasteiger partial charge < -0.3 is 16.2 Å². The molecule has 0 saturated heterocycles. The predicted molar refractivity (Wildman–Crippen MR) is 59.2 cm³/mol. The largest absolute Gasteiger partial charge is 0.484 e. The molecule has 0 aliphatic rings. The Morgan fingerprint density at radius 2 is 2.00 bits per heavy atom. The number of ether oxygens (including phenoxy) is 1. The number of rotatable bonds is 5. The first kappa shape index (κ1) is 11.3. The lowest BCUT2D eigenvalue weighted by molar-refractivity contribution is -0.119. The van der Waals surface area contributed by atoms with Crippen molar-refractivity contribution in [1.82, 2.24) is 0 Å². The third-order valence-electron chi connectivity index (χ3n) is 1.71. The van der Waals surface area contributed by atoms with Crippen LogP contribution < -0.4 is 16.2 Å². The minimum atomic E-state index is -0.484. The zero-order valence-corrected chi connectivity index (χ0v) is 8.35. The van der Waals surface area contributed by atoms with Gasteiger partial charge in [0, 0.05) is 6.54 Å². The molecule has 1 aromatic rings. The molecule has 4 nitrogen and oxygen atoms in total. The number of amides is 1. The highest BCUT2D eigenvalue weighted by Gasteiger charge is 1.96. The topological polar surface area (TPSA) is 78.3 Å². The molecule has 0 radical (unpaired) electrons. The van der Waals surface area contributed by atoms with Crippen LogP contribution in [0.25, 0.3) is 6.08 Å². The number of hydrogen-bond donors (Lipinski definition) is 2. The summed E-state index contributed by atoms with van der Waals surface area (Å²) in [5, 5.41) is 0. The molecule has 0 aliphatic carbocycles. The van der Waals surface area contributed by atoms with E-state index in [2.05, 4.69) is 0 Å². The van der Waals surface area contributed by atoms with Gasteiger partial charge in [0.25, 0.3) is 5.91 Å². The van der Waals surface area contributed by atoms with E-state index < -0.39 is 5.91 Å². The van der Waals surface area contributed by atoms with Crippen LogP contribution in [-0.2, 0) is 4.79 Å². The van der Waals surface area contributed by atoms with E-state index in [-0.39, 0.29) is 6.61 Å².